The highest BCUT2D eigenvalue weighted by Gasteiger charge is 2.14. The molecule has 25 heavy (non-hydrogen) atoms. The minimum atomic E-state index is -3.85. The number of carbonyl (C=O) groups is 1. The Bertz CT molecular complexity index is 821. The number of hydrogen-bond acceptors (Lipinski definition) is 4. The molecule has 0 aliphatic carbocycles. The molecule has 134 valence electrons. The van der Waals surface area contributed by atoms with Crippen LogP contribution in [-0.2, 0) is 21.2 Å². The summed E-state index contributed by atoms with van der Waals surface area (Å²) in [7, 11) is -3.85. The summed E-state index contributed by atoms with van der Waals surface area (Å²) in [6.07, 6.45) is 0.256. The third-order valence-electron chi connectivity index (χ3n) is 3.19. The molecule has 2 aromatic carbocycles. The van der Waals surface area contributed by atoms with E-state index >= 15 is 0 Å². The van der Waals surface area contributed by atoms with Crippen molar-refractivity contribution in [1.82, 2.24) is 0 Å². The SMILES string of the molecule is O=C(O)CCc1ccc(S(=O)(=O)Nc2ccc(OC(F)F)cc2)cc1. The van der Waals surface area contributed by atoms with E-state index in [0.29, 0.717) is 12.0 Å². The van der Waals surface area contributed by atoms with E-state index in [1.165, 1.54) is 48.5 Å². The summed E-state index contributed by atoms with van der Waals surface area (Å²) < 4.78 is 55.2. The molecular weight excluding hydrogens is 356 g/mol. The van der Waals surface area contributed by atoms with E-state index < -0.39 is 22.6 Å². The van der Waals surface area contributed by atoms with Gasteiger partial charge in [0.15, 0.2) is 0 Å². The Kier molecular flexibility index (Phi) is 5.92. The predicted molar refractivity (Wildman–Crippen MR) is 86.3 cm³/mol. The van der Waals surface area contributed by atoms with Crippen molar-refractivity contribution in [3.05, 3.63) is 54.1 Å². The van der Waals surface area contributed by atoms with Gasteiger partial charge in [0, 0.05) is 12.1 Å². The van der Waals surface area contributed by atoms with Crippen molar-refractivity contribution in [1.29, 1.82) is 0 Å². The Labute approximate surface area is 143 Å². The number of benzene rings is 2. The number of ether oxygens (including phenoxy) is 1. The van der Waals surface area contributed by atoms with Crippen molar-refractivity contribution in [3.8, 4) is 5.75 Å². The topological polar surface area (TPSA) is 92.7 Å². The number of nitrogens with one attached hydrogen (secondary N) is 1. The zero-order valence-electron chi connectivity index (χ0n) is 12.9. The maximum absolute atomic E-state index is 12.3. The van der Waals surface area contributed by atoms with Gasteiger partial charge in [-0.15, -0.1) is 0 Å². The van der Waals surface area contributed by atoms with Gasteiger partial charge in [-0.3, -0.25) is 9.52 Å². The molecule has 0 unspecified atom stereocenters. The number of aliphatic carboxylic acids is 1. The lowest BCUT2D eigenvalue weighted by atomic mass is 10.1. The highest BCUT2D eigenvalue weighted by atomic mass is 32.2. The van der Waals surface area contributed by atoms with Crippen molar-refractivity contribution in [3.63, 3.8) is 0 Å². The van der Waals surface area contributed by atoms with Gasteiger partial charge in [0.05, 0.1) is 4.90 Å². The normalized spacial score (nSPS) is 11.3. The molecule has 0 fully saturated rings. The van der Waals surface area contributed by atoms with Gasteiger partial charge in [-0.2, -0.15) is 8.78 Å². The molecule has 2 N–H and O–H groups in total. The first-order valence-corrected chi connectivity index (χ1v) is 8.63. The molecule has 0 bridgehead atoms. The lowest BCUT2D eigenvalue weighted by Crippen LogP contribution is -2.13. The number of halogens is 2. The first kappa shape index (κ1) is 18.7. The maximum atomic E-state index is 12.3. The van der Waals surface area contributed by atoms with E-state index in [2.05, 4.69) is 9.46 Å². The summed E-state index contributed by atoms with van der Waals surface area (Å²) in [5.74, 6) is -1.02. The molecule has 0 atom stereocenters. The lowest BCUT2D eigenvalue weighted by molar-refractivity contribution is -0.136. The van der Waals surface area contributed by atoms with Gasteiger partial charge >= 0.3 is 12.6 Å². The van der Waals surface area contributed by atoms with E-state index in [9.17, 15) is 22.0 Å². The predicted octanol–water partition coefficient (Wildman–Crippen LogP) is 3.11. The van der Waals surface area contributed by atoms with Crippen molar-refractivity contribution >= 4 is 21.7 Å². The van der Waals surface area contributed by atoms with Crippen LogP contribution in [-0.4, -0.2) is 26.1 Å². The fraction of sp³-hybridized carbons (Fsp3) is 0.188. The number of aryl methyl sites for hydroxylation is 1. The van der Waals surface area contributed by atoms with E-state index in [1.807, 2.05) is 0 Å². The Morgan fingerprint density at radius 2 is 1.68 bits per heavy atom. The van der Waals surface area contributed by atoms with Crippen LogP contribution in [0.2, 0.25) is 0 Å². The molecule has 0 aliphatic heterocycles. The Morgan fingerprint density at radius 3 is 2.20 bits per heavy atom. The van der Waals surface area contributed by atoms with Crippen LogP contribution in [0.3, 0.4) is 0 Å². The highest BCUT2D eigenvalue weighted by molar-refractivity contribution is 7.92. The molecule has 0 heterocycles. The van der Waals surface area contributed by atoms with Gasteiger partial charge in [0.1, 0.15) is 5.75 Å². The number of alkyl halides is 2. The van der Waals surface area contributed by atoms with Crippen molar-refractivity contribution in [2.75, 3.05) is 4.72 Å². The molecule has 0 radical (unpaired) electrons. The second-order valence-corrected chi connectivity index (χ2v) is 6.73. The molecular formula is C16H15F2NO5S. The zero-order valence-corrected chi connectivity index (χ0v) is 13.7. The van der Waals surface area contributed by atoms with Gasteiger partial charge in [-0.05, 0) is 48.4 Å². The summed E-state index contributed by atoms with van der Waals surface area (Å²) in [6.45, 7) is -2.96. The summed E-state index contributed by atoms with van der Waals surface area (Å²) >= 11 is 0. The second kappa shape index (κ2) is 7.93. The largest absolute Gasteiger partial charge is 0.481 e. The molecule has 2 aromatic rings. The summed E-state index contributed by atoms with van der Waals surface area (Å²) in [5, 5.41) is 8.63. The molecule has 2 rings (SSSR count). The second-order valence-electron chi connectivity index (χ2n) is 5.05. The van der Waals surface area contributed by atoms with E-state index in [1.54, 1.807) is 0 Å². The monoisotopic (exact) mass is 371 g/mol. The standard InChI is InChI=1S/C16H15F2NO5S/c17-16(18)24-13-6-4-12(5-7-13)19-25(22,23)14-8-1-11(2-9-14)3-10-15(20)21/h1-2,4-9,16,19H,3,10H2,(H,20,21). The first-order valence-electron chi connectivity index (χ1n) is 7.15. The van der Waals surface area contributed by atoms with Crippen LogP contribution in [0.1, 0.15) is 12.0 Å². The van der Waals surface area contributed by atoms with E-state index in [4.69, 9.17) is 5.11 Å². The third-order valence-corrected chi connectivity index (χ3v) is 4.59. The van der Waals surface area contributed by atoms with Crippen molar-refractivity contribution in [2.45, 2.75) is 24.3 Å². The van der Waals surface area contributed by atoms with Gasteiger partial charge in [0.2, 0.25) is 0 Å². The fourth-order valence-corrected chi connectivity index (χ4v) is 3.06. The molecule has 0 amide bonds. The van der Waals surface area contributed by atoms with Crippen LogP contribution >= 0.6 is 0 Å². The summed E-state index contributed by atoms with van der Waals surface area (Å²) in [4.78, 5) is 10.5. The van der Waals surface area contributed by atoms with Crippen molar-refractivity contribution in [2.24, 2.45) is 0 Å². The first-order chi connectivity index (χ1) is 11.8. The minimum absolute atomic E-state index is 0.000480. The minimum Gasteiger partial charge on any atom is -0.481 e. The quantitative estimate of drug-likeness (QED) is 0.744. The number of carboxylic acids is 1. The molecule has 0 aromatic heterocycles. The van der Waals surface area contributed by atoms with Crippen LogP contribution < -0.4 is 9.46 Å². The molecule has 0 aliphatic rings. The average Bonchev–Trinajstić information content (AvgIpc) is 2.54. The van der Waals surface area contributed by atoms with Crippen molar-refractivity contribution < 1.29 is 31.8 Å². The number of carboxylic acid groups (broad SMARTS) is 1. The molecule has 0 saturated carbocycles. The average molecular weight is 371 g/mol. The summed E-state index contributed by atoms with van der Waals surface area (Å²) in [5.41, 5.74) is 0.895. The number of hydrogen-bond donors (Lipinski definition) is 2. The fourth-order valence-electron chi connectivity index (χ4n) is 2.01. The van der Waals surface area contributed by atoms with Crippen LogP contribution in [0.25, 0.3) is 0 Å². The van der Waals surface area contributed by atoms with Gasteiger partial charge in [0.25, 0.3) is 10.0 Å². The van der Waals surface area contributed by atoms with Gasteiger partial charge in [-0.1, -0.05) is 12.1 Å². The summed E-state index contributed by atoms with van der Waals surface area (Å²) in [6, 6.07) is 10.9. The Hall–Kier alpha value is -2.68. The van der Waals surface area contributed by atoms with Crippen LogP contribution in [0.5, 0.6) is 5.75 Å². The smallest absolute Gasteiger partial charge is 0.387 e. The number of sulfonamides is 1. The van der Waals surface area contributed by atoms with Crippen LogP contribution in [0.4, 0.5) is 14.5 Å². The lowest BCUT2D eigenvalue weighted by Gasteiger charge is -2.10. The zero-order chi connectivity index (χ0) is 18.4. The Morgan fingerprint density at radius 1 is 1.08 bits per heavy atom. The molecule has 9 heteroatoms. The molecule has 0 saturated heterocycles. The molecule has 0 spiro atoms. The van der Waals surface area contributed by atoms with Gasteiger partial charge in [-0.25, -0.2) is 8.42 Å². The maximum Gasteiger partial charge on any atom is 0.387 e. The number of rotatable bonds is 8. The molecule has 6 nitrogen and oxygen atoms in total. The third kappa shape index (κ3) is 5.71. The van der Waals surface area contributed by atoms with Crippen LogP contribution in [0, 0.1) is 0 Å². The van der Waals surface area contributed by atoms with E-state index in [-0.39, 0.29) is 22.8 Å². The Balaban J connectivity index is 2.06. The van der Waals surface area contributed by atoms with E-state index in [0.717, 1.165) is 0 Å². The number of anilines is 1. The van der Waals surface area contributed by atoms with Gasteiger partial charge < -0.3 is 9.84 Å². The van der Waals surface area contributed by atoms with Crippen LogP contribution in [0.15, 0.2) is 53.4 Å². The highest BCUT2D eigenvalue weighted by Crippen LogP contribution is 2.21.